The Kier molecular flexibility index (Phi) is 4.73. The van der Waals surface area contributed by atoms with Crippen LogP contribution in [0.25, 0.3) is 0 Å². The summed E-state index contributed by atoms with van der Waals surface area (Å²) in [5.74, 6) is -0.819. The van der Waals surface area contributed by atoms with Crippen LogP contribution < -0.4 is 5.32 Å². The summed E-state index contributed by atoms with van der Waals surface area (Å²) in [5.41, 5.74) is 0.0777. The van der Waals surface area contributed by atoms with Crippen molar-refractivity contribution in [2.24, 2.45) is 0 Å². The van der Waals surface area contributed by atoms with Crippen LogP contribution in [-0.4, -0.2) is 60.4 Å². The summed E-state index contributed by atoms with van der Waals surface area (Å²) in [7, 11) is 2.02. The van der Waals surface area contributed by atoms with Gasteiger partial charge in [-0.2, -0.15) is 5.26 Å². The zero-order valence-electron chi connectivity index (χ0n) is 14.2. The van der Waals surface area contributed by atoms with Crippen molar-refractivity contribution in [3.63, 3.8) is 0 Å². The van der Waals surface area contributed by atoms with Gasteiger partial charge >= 0.3 is 0 Å². The van der Waals surface area contributed by atoms with Crippen LogP contribution in [-0.2, 0) is 4.79 Å². The number of benzene rings is 1. The van der Waals surface area contributed by atoms with Gasteiger partial charge in [-0.25, -0.2) is 4.39 Å². The monoisotopic (exact) mass is 344 g/mol. The molecule has 1 aromatic carbocycles. The highest BCUT2D eigenvalue weighted by molar-refractivity contribution is 5.94. The van der Waals surface area contributed by atoms with Crippen LogP contribution in [0, 0.1) is 17.1 Å². The fourth-order valence-corrected chi connectivity index (χ4v) is 3.73. The molecule has 7 heteroatoms. The quantitative estimate of drug-likeness (QED) is 0.828. The molecule has 2 saturated heterocycles. The fourth-order valence-electron chi connectivity index (χ4n) is 3.73. The largest absolute Gasteiger partial charge is 0.356 e. The minimum Gasteiger partial charge on any atom is -0.356 e. The summed E-state index contributed by atoms with van der Waals surface area (Å²) < 4.78 is 13.7. The molecule has 0 saturated carbocycles. The lowest BCUT2D eigenvalue weighted by Crippen LogP contribution is -2.62. The smallest absolute Gasteiger partial charge is 0.254 e. The third-order valence-electron chi connectivity index (χ3n) is 5.29. The van der Waals surface area contributed by atoms with Crippen LogP contribution in [0.15, 0.2) is 18.2 Å². The van der Waals surface area contributed by atoms with Gasteiger partial charge in [-0.3, -0.25) is 14.5 Å². The van der Waals surface area contributed by atoms with Crippen molar-refractivity contribution in [3.8, 4) is 6.07 Å². The van der Waals surface area contributed by atoms with Gasteiger partial charge in [-0.15, -0.1) is 0 Å². The van der Waals surface area contributed by atoms with E-state index in [4.69, 9.17) is 5.26 Å². The second kappa shape index (κ2) is 6.81. The first-order valence-electron chi connectivity index (χ1n) is 8.41. The van der Waals surface area contributed by atoms with E-state index in [1.807, 2.05) is 13.1 Å². The molecule has 1 aromatic rings. The van der Waals surface area contributed by atoms with Crippen LogP contribution in [0.4, 0.5) is 4.39 Å². The summed E-state index contributed by atoms with van der Waals surface area (Å²) in [6, 6.07) is 5.59. The lowest BCUT2D eigenvalue weighted by Gasteiger charge is -2.49. The van der Waals surface area contributed by atoms with Gasteiger partial charge in [0.15, 0.2) is 0 Å². The highest BCUT2D eigenvalue weighted by Gasteiger charge is 2.42. The molecule has 2 fully saturated rings. The third kappa shape index (κ3) is 3.49. The van der Waals surface area contributed by atoms with Gasteiger partial charge < -0.3 is 10.2 Å². The predicted octanol–water partition coefficient (Wildman–Crippen LogP) is 1.12. The molecule has 0 aliphatic carbocycles. The molecule has 132 valence electrons. The Bertz CT molecular complexity index is 745. The Balaban J connectivity index is 1.83. The normalized spacial score (nSPS) is 24.5. The SMILES string of the molecule is CN1CCN(C(=O)c2cc(F)cc(C#N)c2)C[C@]12CCNC(=O)CC2. The lowest BCUT2D eigenvalue weighted by atomic mass is 9.86. The lowest BCUT2D eigenvalue weighted by molar-refractivity contribution is -0.121. The Morgan fingerprint density at radius 2 is 2.12 bits per heavy atom. The van der Waals surface area contributed by atoms with Crippen molar-refractivity contribution in [3.05, 3.63) is 35.1 Å². The molecule has 1 N–H and O–H groups in total. The van der Waals surface area contributed by atoms with E-state index in [1.165, 1.54) is 12.1 Å². The second-order valence-electron chi connectivity index (χ2n) is 6.81. The zero-order chi connectivity index (χ0) is 18.0. The number of carbonyl (C=O) groups is 2. The molecule has 0 unspecified atom stereocenters. The molecule has 0 bridgehead atoms. The Morgan fingerprint density at radius 1 is 1.32 bits per heavy atom. The van der Waals surface area contributed by atoms with Crippen molar-refractivity contribution in [2.45, 2.75) is 24.8 Å². The van der Waals surface area contributed by atoms with Gasteiger partial charge in [-0.05, 0) is 38.1 Å². The van der Waals surface area contributed by atoms with Crippen molar-refractivity contribution in [2.75, 3.05) is 33.2 Å². The number of carbonyl (C=O) groups excluding carboxylic acids is 2. The summed E-state index contributed by atoms with van der Waals surface area (Å²) in [6.45, 7) is 2.32. The number of amides is 2. The first-order valence-corrected chi connectivity index (χ1v) is 8.41. The number of halogens is 1. The number of nitrogens with one attached hydrogen (secondary N) is 1. The van der Waals surface area contributed by atoms with Crippen molar-refractivity contribution >= 4 is 11.8 Å². The Hall–Kier alpha value is -2.46. The van der Waals surface area contributed by atoms with Gasteiger partial charge in [0, 0.05) is 43.7 Å². The molecule has 2 aliphatic rings. The summed E-state index contributed by atoms with van der Waals surface area (Å²) in [5, 5.41) is 11.9. The van der Waals surface area contributed by atoms with Gasteiger partial charge in [0.2, 0.25) is 5.91 Å². The molecule has 2 amide bonds. The molecule has 0 radical (unpaired) electrons. The number of nitriles is 1. The second-order valence-corrected chi connectivity index (χ2v) is 6.81. The molecular weight excluding hydrogens is 323 g/mol. The number of nitrogens with zero attached hydrogens (tertiary/aromatic N) is 3. The maximum absolute atomic E-state index is 13.7. The average Bonchev–Trinajstić information content (AvgIpc) is 2.78. The molecule has 3 rings (SSSR count). The van der Waals surface area contributed by atoms with Gasteiger partial charge in [0.1, 0.15) is 5.82 Å². The molecule has 6 nitrogen and oxygen atoms in total. The van der Waals surface area contributed by atoms with Crippen molar-refractivity contribution < 1.29 is 14.0 Å². The average molecular weight is 344 g/mol. The minimum absolute atomic E-state index is 0.0394. The van der Waals surface area contributed by atoms with E-state index in [9.17, 15) is 14.0 Å². The first-order chi connectivity index (χ1) is 11.9. The molecule has 2 aliphatic heterocycles. The minimum atomic E-state index is -0.587. The van der Waals surface area contributed by atoms with Crippen LogP contribution in [0.2, 0.25) is 0 Å². The van der Waals surface area contributed by atoms with Crippen LogP contribution >= 0.6 is 0 Å². The maximum atomic E-state index is 13.7. The standard InChI is InChI=1S/C18H21FN4O2/c1-22-6-7-23(12-18(22)3-2-16(24)21-5-4-18)17(25)14-8-13(11-20)9-15(19)10-14/h8-10H,2-7,12H2,1H3,(H,21,24)/t18-/m0/s1. The van der Waals surface area contributed by atoms with E-state index in [-0.39, 0.29) is 28.5 Å². The summed E-state index contributed by atoms with van der Waals surface area (Å²) >= 11 is 0. The van der Waals surface area contributed by atoms with Gasteiger partial charge in [-0.1, -0.05) is 0 Å². The maximum Gasteiger partial charge on any atom is 0.254 e. The Morgan fingerprint density at radius 3 is 2.88 bits per heavy atom. The fraction of sp³-hybridized carbons (Fsp3) is 0.500. The van der Waals surface area contributed by atoms with E-state index in [0.717, 1.165) is 12.5 Å². The molecule has 1 spiro atoms. The number of piperazine rings is 1. The van der Waals surface area contributed by atoms with Crippen LogP contribution in [0.3, 0.4) is 0 Å². The van der Waals surface area contributed by atoms with E-state index < -0.39 is 5.82 Å². The molecule has 1 atom stereocenters. The highest BCUT2D eigenvalue weighted by Crippen LogP contribution is 2.31. The highest BCUT2D eigenvalue weighted by atomic mass is 19.1. The molecule has 25 heavy (non-hydrogen) atoms. The molecule has 2 heterocycles. The van der Waals surface area contributed by atoms with Crippen LogP contribution in [0.1, 0.15) is 35.2 Å². The number of likely N-dealkylation sites (N-methyl/N-ethyl adjacent to an activating group) is 1. The van der Waals surface area contributed by atoms with E-state index >= 15 is 0 Å². The van der Waals surface area contributed by atoms with E-state index in [2.05, 4.69) is 10.2 Å². The predicted molar refractivity (Wildman–Crippen MR) is 89.2 cm³/mol. The van der Waals surface area contributed by atoms with E-state index in [0.29, 0.717) is 39.0 Å². The Labute approximate surface area is 146 Å². The number of hydrogen-bond donors (Lipinski definition) is 1. The van der Waals surface area contributed by atoms with E-state index in [1.54, 1.807) is 4.90 Å². The zero-order valence-corrected chi connectivity index (χ0v) is 14.2. The third-order valence-corrected chi connectivity index (χ3v) is 5.29. The topological polar surface area (TPSA) is 76.4 Å². The van der Waals surface area contributed by atoms with Gasteiger partial charge in [0.05, 0.1) is 11.6 Å². The van der Waals surface area contributed by atoms with Crippen LogP contribution in [0.5, 0.6) is 0 Å². The van der Waals surface area contributed by atoms with Crippen molar-refractivity contribution in [1.82, 2.24) is 15.1 Å². The summed E-state index contributed by atoms with van der Waals surface area (Å²) in [4.78, 5) is 28.5. The first kappa shape index (κ1) is 17.4. The number of hydrogen-bond acceptors (Lipinski definition) is 4. The van der Waals surface area contributed by atoms with Gasteiger partial charge in [0.25, 0.3) is 5.91 Å². The summed E-state index contributed by atoms with van der Waals surface area (Å²) in [6.07, 6.45) is 1.89. The van der Waals surface area contributed by atoms with Crippen molar-refractivity contribution in [1.29, 1.82) is 5.26 Å². The number of rotatable bonds is 1. The molecule has 0 aromatic heterocycles. The molecular formula is C18H21FN4O2.